The molecule has 0 saturated carbocycles. The fourth-order valence-corrected chi connectivity index (χ4v) is 1.41. The van der Waals surface area contributed by atoms with Crippen molar-refractivity contribution in [3.63, 3.8) is 0 Å². The maximum absolute atomic E-state index is 11.6. The van der Waals surface area contributed by atoms with Gasteiger partial charge in [0.05, 0.1) is 12.7 Å². The van der Waals surface area contributed by atoms with Crippen LogP contribution in [0.4, 0.5) is 0 Å². The summed E-state index contributed by atoms with van der Waals surface area (Å²) in [5, 5.41) is 0. The molecule has 0 spiro atoms. The van der Waals surface area contributed by atoms with Crippen molar-refractivity contribution in [3.05, 3.63) is 12.2 Å². The van der Waals surface area contributed by atoms with Crippen molar-refractivity contribution in [1.82, 2.24) is 0 Å². The molecule has 3 nitrogen and oxygen atoms in total. The van der Waals surface area contributed by atoms with Crippen LogP contribution in [0.3, 0.4) is 0 Å². The Balaban J connectivity index is 2.76. The summed E-state index contributed by atoms with van der Waals surface area (Å²) in [5.74, 6) is -1.10. The molecule has 0 amide bonds. The predicted octanol–water partition coefficient (Wildman–Crippen LogP) is 1.67. The molecule has 2 atom stereocenters. The molecule has 0 aromatic rings. The van der Waals surface area contributed by atoms with Crippen molar-refractivity contribution in [1.29, 1.82) is 0 Å². The van der Waals surface area contributed by atoms with Crippen molar-refractivity contribution < 1.29 is 14.3 Å². The second-order valence-corrected chi connectivity index (χ2v) is 3.21. The van der Waals surface area contributed by atoms with Gasteiger partial charge in [0, 0.05) is 6.42 Å². The molecule has 0 bridgehead atoms. The molecule has 1 fully saturated rings. The molecular formula is C10H16O3. The van der Waals surface area contributed by atoms with E-state index in [1.54, 1.807) is 13.0 Å². The summed E-state index contributed by atoms with van der Waals surface area (Å²) >= 11 is 0. The summed E-state index contributed by atoms with van der Waals surface area (Å²) in [6.45, 7) is 6.09. The van der Waals surface area contributed by atoms with E-state index < -0.39 is 5.79 Å². The summed E-state index contributed by atoms with van der Waals surface area (Å²) < 4.78 is 10.9. The molecule has 0 radical (unpaired) electrons. The molecule has 1 aliphatic heterocycles. The first-order valence-corrected chi connectivity index (χ1v) is 4.63. The molecule has 74 valence electrons. The summed E-state index contributed by atoms with van der Waals surface area (Å²) in [7, 11) is 0. The van der Waals surface area contributed by atoms with E-state index in [0.717, 1.165) is 0 Å². The Bertz CT molecular complexity index is 222. The molecule has 2 unspecified atom stereocenters. The van der Waals surface area contributed by atoms with E-state index in [0.29, 0.717) is 13.0 Å². The van der Waals surface area contributed by atoms with Crippen LogP contribution in [-0.4, -0.2) is 24.3 Å². The number of ether oxygens (including phenoxy) is 2. The average Bonchev–Trinajstić information content (AvgIpc) is 2.49. The molecule has 0 N–H and O–H groups in total. The van der Waals surface area contributed by atoms with Gasteiger partial charge in [-0.1, -0.05) is 13.0 Å². The van der Waals surface area contributed by atoms with Crippen molar-refractivity contribution in [2.45, 2.75) is 39.1 Å². The van der Waals surface area contributed by atoms with Crippen LogP contribution in [-0.2, 0) is 14.3 Å². The Hall–Kier alpha value is -0.670. The van der Waals surface area contributed by atoms with Gasteiger partial charge in [0.1, 0.15) is 0 Å². The minimum absolute atomic E-state index is 0.00848. The summed E-state index contributed by atoms with van der Waals surface area (Å²) in [6, 6.07) is 0. The third-order valence-corrected chi connectivity index (χ3v) is 2.10. The fraction of sp³-hybridized carbons (Fsp3) is 0.700. The zero-order valence-corrected chi connectivity index (χ0v) is 8.37. The smallest absolute Gasteiger partial charge is 0.233 e. The van der Waals surface area contributed by atoms with E-state index in [9.17, 15) is 4.79 Å². The largest absolute Gasteiger partial charge is 0.341 e. The second kappa shape index (κ2) is 4.03. The van der Waals surface area contributed by atoms with Gasteiger partial charge in [0.25, 0.3) is 0 Å². The van der Waals surface area contributed by atoms with Crippen LogP contribution in [0.15, 0.2) is 12.2 Å². The number of allylic oxidation sites excluding steroid dienone is 1. The van der Waals surface area contributed by atoms with Crippen LogP contribution < -0.4 is 0 Å². The lowest BCUT2D eigenvalue weighted by Crippen LogP contribution is -2.38. The lowest BCUT2D eigenvalue weighted by atomic mass is 10.1. The van der Waals surface area contributed by atoms with Gasteiger partial charge in [-0.2, -0.15) is 0 Å². The van der Waals surface area contributed by atoms with Crippen molar-refractivity contribution >= 4 is 5.78 Å². The van der Waals surface area contributed by atoms with E-state index in [-0.39, 0.29) is 11.9 Å². The number of carbonyl (C=O) groups excluding carboxylic acids is 1. The Kier molecular flexibility index (Phi) is 3.22. The topological polar surface area (TPSA) is 35.5 Å². The Labute approximate surface area is 78.7 Å². The van der Waals surface area contributed by atoms with Crippen LogP contribution in [0.25, 0.3) is 0 Å². The van der Waals surface area contributed by atoms with Gasteiger partial charge in [-0.25, -0.2) is 0 Å². The molecule has 1 saturated heterocycles. The van der Waals surface area contributed by atoms with E-state index in [1.807, 2.05) is 13.8 Å². The number of rotatable bonds is 3. The van der Waals surface area contributed by atoms with Gasteiger partial charge < -0.3 is 9.47 Å². The number of carbonyl (C=O) groups is 1. The Morgan fingerprint density at radius 1 is 1.69 bits per heavy atom. The van der Waals surface area contributed by atoms with Crippen molar-refractivity contribution in [3.8, 4) is 0 Å². The normalized spacial score (nSPS) is 34.2. The SMILES string of the molecule is CC=CC(=O)C1(CC)OCC(C)O1. The number of hydrogen-bond acceptors (Lipinski definition) is 3. The van der Waals surface area contributed by atoms with Crippen LogP contribution >= 0.6 is 0 Å². The monoisotopic (exact) mass is 184 g/mol. The highest BCUT2D eigenvalue weighted by molar-refractivity contribution is 5.95. The third-order valence-electron chi connectivity index (χ3n) is 2.10. The minimum atomic E-state index is -1.01. The van der Waals surface area contributed by atoms with Crippen LogP contribution in [0.5, 0.6) is 0 Å². The first-order chi connectivity index (χ1) is 6.14. The van der Waals surface area contributed by atoms with E-state index in [2.05, 4.69) is 0 Å². The van der Waals surface area contributed by atoms with Gasteiger partial charge in [-0.05, 0) is 19.9 Å². The summed E-state index contributed by atoms with van der Waals surface area (Å²) in [4.78, 5) is 11.6. The van der Waals surface area contributed by atoms with Crippen LogP contribution in [0.1, 0.15) is 27.2 Å². The Morgan fingerprint density at radius 3 is 2.77 bits per heavy atom. The maximum Gasteiger partial charge on any atom is 0.233 e. The molecule has 0 aromatic heterocycles. The zero-order valence-electron chi connectivity index (χ0n) is 8.37. The van der Waals surface area contributed by atoms with E-state index in [4.69, 9.17) is 9.47 Å². The maximum atomic E-state index is 11.6. The molecule has 1 aliphatic rings. The zero-order chi connectivity index (χ0) is 9.90. The fourth-order valence-electron chi connectivity index (χ4n) is 1.41. The molecule has 3 heteroatoms. The molecular weight excluding hydrogens is 168 g/mol. The van der Waals surface area contributed by atoms with Gasteiger partial charge >= 0.3 is 0 Å². The predicted molar refractivity (Wildman–Crippen MR) is 49.3 cm³/mol. The first kappa shape index (κ1) is 10.4. The van der Waals surface area contributed by atoms with Gasteiger partial charge in [-0.15, -0.1) is 0 Å². The van der Waals surface area contributed by atoms with E-state index in [1.165, 1.54) is 6.08 Å². The van der Waals surface area contributed by atoms with Crippen LogP contribution in [0, 0.1) is 0 Å². The van der Waals surface area contributed by atoms with Crippen molar-refractivity contribution in [2.24, 2.45) is 0 Å². The van der Waals surface area contributed by atoms with Gasteiger partial charge in [0.2, 0.25) is 11.6 Å². The highest BCUT2D eigenvalue weighted by atomic mass is 16.7. The van der Waals surface area contributed by atoms with Crippen molar-refractivity contribution in [2.75, 3.05) is 6.61 Å². The minimum Gasteiger partial charge on any atom is -0.341 e. The van der Waals surface area contributed by atoms with Crippen LogP contribution in [0.2, 0.25) is 0 Å². The van der Waals surface area contributed by atoms with Gasteiger partial charge in [0.15, 0.2) is 0 Å². The highest BCUT2D eigenvalue weighted by Crippen LogP contribution is 2.28. The Morgan fingerprint density at radius 2 is 2.38 bits per heavy atom. The molecule has 13 heavy (non-hydrogen) atoms. The highest BCUT2D eigenvalue weighted by Gasteiger charge is 2.43. The average molecular weight is 184 g/mol. The second-order valence-electron chi connectivity index (χ2n) is 3.21. The lowest BCUT2D eigenvalue weighted by molar-refractivity contribution is -0.180. The standard InChI is InChI=1S/C10H16O3/c1-4-6-9(11)10(5-2)12-7-8(3)13-10/h4,6,8H,5,7H2,1-3H3. The lowest BCUT2D eigenvalue weighted by Gasteiger charge is -2.22. The summed E-state index contributed by atoms with van der Waals surface area (Å²) in [6.07, 6.45) is 3.77. The quantitative estimate of drug-likeness (QED) is 0.626. The third kappa shape index (κ3) is 1.98. The number of ketones is 1. The summed E-state index contributed by atoms with van der Waals surface area (Å²) in [5.41, 5.74) is 0. The molecule has 0 aromatic carbocycles. The molecule has 0 aliphatic carbocycles. The van der Waals surface area contributed by atoms with Gasteiger partial charge in [-0.3, -0.25) is 4.79 Å². The molecule has 1 heterocycles. The first-order valence-electron chi connectivity index (χ1n) is 4.63. The number of hydrogen-bond donors (Lipinski definition) is 0. The molecule has 1 rings (SSSR count). The van der Waals surface area contributed by atoms with E-state index >= 15 is 0 Å².